The highest BCUT2D eigenvalue weighted by Crippen LogP contribution is 2.37. The zero-order chi connectivity index (χ0) is 23.5. The minimum Gasteiger partial charge on any atom is -0.370 e. The molecule has 7 nitrogen and oxygen atoms in total. The number of hydrogen-bond acceptors (Lipinski definition) is 6. The molecule has 1 fully saturated rings. The molecule has 1 aliphatic rings. The van der Waals surface area contributed by atoms with Gasteiger partial charge in [-0.1, -0.05) is 15.9 Å². The Balaban J connectivity index is 1.56. The number of pyridine rings is 1. The van der Waals surface area contributed by atoms with Gasteiger partial charge in [0.15, 0.2) is 0 Å². The summed E-state index contributed by atoms with van der Waals surface area (Å²) in [4.78, 5) is 35.6. The van der Waals surface area contributed by atoms with Gasteiger partial charge >= 0.3 is 0 Å². The summed E-state index contributed by atoms with van der Waals surface area (Å²) in [5.74, 6) is -0.0272. The van der Waals surface area contributed by atoms with Gasteiger partial charge in [0, 0.05) is 48.5 Å². The molecule has 174 valence electrons. The van der Waals surface area contributed by atoms with Gasteiger partial charge < -0.3 is 15.1 Å². The third-order valence-corrected chi connectivity index (χ3v) is 7.60. The van der Waals surface area contributed by atoms with Crippen LogP contribution in [0.4, 0.5) is 11.4 Å². The van der Waals surface area contributed by atoms with Crippen molar-refractivity contribution in [2.75, 3.05) is 36.4 Å². The lowest BCUT2D eigenvalue weighted by molar-refractivity contribution is -0.120. The molecule has 1 aliphatic heterocycles. The maximum atomic E-state index is 13.3. The van der Waals surface area contributed by atoms with Crippen molar-refractivity contribution in [2.45, 2.75) is 33.6 Å². The molecule has 1 aromatic carbocycles. The average Bonchev–Trinajstić information content (AvgIpc) is 3.21. The van der Waals surface area contributed by atoms with Crippen LogP contribution in [0.25, 0.3) is 10.2 Å². The summed E-state index contributed by atoms with van der Waals surface area (Å²) in [6, 6.07) is 7.61. The Hall–Kier alpha value is -2.52. The molecule has 2 amide bonds. The van der Waals surface area contributed by atoms with Gasteiger partial charge in [0.25, 0.3) is 5.91 Å². The smallest absolute Gasteiger partial charge is 0.257 e. The Morgan fingerprint density at radius 3 is 2.48 bits per heavy atom. The van der Waals surface area contributed by atoms with E-state index in [2.05, 4.69) is 35.5 Å². The quantitative estimate of drug-likeness (QED) is 0.480. The van der Waals surface area contributed by atoms with Crippen LogP contribution >= 0.6 is 27.5 Å². The van der Waals surface area contributed by atoms with Crippen molar-refractivity contribution in [3.05, 3.63) is 46.2 Å². The van der Waals surface area contributed by atoms with Crippen LogP contribution in [0.1, 0.15) is 42.7 Å². The van der Waals surface area contributed by atoms with E-state index in [1.54, 1.807) is 6.20 Å². The number of amides is 2. The second kappa shape index (κ2) is 10.2. The number of aromatic nitrogens is 2. The van der Waals surface area contributed by atoms with E-state index in [9.17, 15) is 9.59 Å². The number of rotatable bonds is 6. The number of halogens is 1. The van der Waals surface area contributed by atoms with E-state index in [0.29, 0.717) is 31.7 Å². The topological polar surface area (TPSA) is 78.4 Å². The highest BCUT2D eigenvalue weighted by atomic mass is 79.9. The Morgan fingerprint density at radius 2 is 1.85 bits per heavy atom. The number of fused-ring (bicyclic) bond motifs is 1. The molecule has 33 heavy (non-hydrogen) atoms. The van der Waals surface area contributed by atoms with Crippen LogP contribution in [0.15, 0.2) is 34.9 Å². The summed E-state index contributed by atoms with van der Waals surface area (Å²) >= 11 is 4.78. The molecule has 0 unspecified atom stereocenters. The average molecular weight is 530 g/mol. The maximum absolute atomic E-state index is 13.3. The normalized spacial score (nSPS) is 14.5. The van der Waals surface area contributed by atoms with Crippen molar-refractivity contribution in [3.63, 3.8) is 0 Å². The Bertz CT molecular complexity index is 1150. The first kappa shape index (κ1) is 23.6. The first-order valence-electron chi connectivity index (χ1n) is 11.3. The molecule has 1 N–H and O–H groups in total. The minimum absolute atomic E-state index is 0.00916. The number of carbonyl (C=O) groups is 2. The molecule has 0 bridgehead atoms. The minimum atomic E-state index is -0.0640. The zero-order valence-electron chi connectivity index (χ0n) is 19.1. The standard InChI is InChI=1S/C24H28BrN5O2S/c1-4-29(5-2)24(32)19-14-26-23-20(15(3)28-33-23)21(19)30-12-10-16(11-13-30)22(31)27-18-8-6-17(25)7-9-18/h6-9,14,16H,4-5,10-13H2,1-3H3,(H,27,31). The van der Waals surface area contributed by atoms with E-state index < -0.39 is 0 Å². The van der Waals surface area contributed by atoms with Crippen LogP contribution in [-0.2, 0) is 4.79 Å². The summed E-state index contributed by atoms with van der Waals surface area (Å²) in [5.41, 5.74) is 3.22. The van der Waals surface area contributed by atoms with Gasteiger partial charge in [-0.2, -0.15) is 4.37 Å². The Labute approximate surface area is 206 Å². The monoisotopic (exact) mass is 529 g/mol. The molecule has 0 radical (unpaired) electrons. The number of carbonyl (C=O) groups excluding carboxylic acids is 2. The van der Waals surface area contributed by atoms with E-state index in [0.717, 1.165) is 44.6 Å². The third kappa shape index (κ3) is 4.89. The van der Waals surface area contributed by atoms with Crippen molar-refractivity contribution >= 4 is 60.9 Å². The second-order valence-electron chi connectivity index (χ2n) is 8.20. The lowest BCUT2D eigenvalue weighted by Crippen LogP contribution is -2.40. The fourth-order valence-corrected chi connectivity index (χ4v) is 5.36. The van der Waals surface area contributed by atoms with Gasteiger partial charge in [0.1, 0.15) is 4.83 Å². The molecule has 1 saturated heterocycles. The van der Waals surface area contributed by atoms with Crippen LogP contribution in [-0.4, -0.2) is 52.3 Å². The molecule has 0 saturated carbocycles. The van der Waals surface area contributed by atoms with Crippen molar-refractivity contribution in [2.24, 2.45) is 5.92 Å². The molecule has 0 atom stereocenters. The van der Waals surface area contributed by atoms with Crippen LogP contribution in [0.2, 0.25) is 0 Å². The number of nitrogens with one attached hydrogen (secondary N) is 1. The van der Waals surface area contributed by atoms with Crippen molar-refractivity contribution in [1.82, 2.24) is 14.3 Å². The largest absolute Gasteiger partial charge is 0.370 e. The lowest BCUT2D eigenvalue weighted by Gasteiger charge is -2.35. The van der Waals surface area contributed by atoms with Crippen LogP contribution in [0, 0.1) is 12.8 Å². The molecule has 3 aromatic rings. The molecule has 4 rings (SSSR count). The summed E-state index contributed by atoms with van der Waals surface area (Å²) in [7, 11) is 0. The van der Waals surface area contributed by atoms with Gasteiger partial charge in [0.05, 0.1) is 22.3 Å². The van der Waals surface area contributed by atoms with E-state index >= 15 is 0 Å². The van der Waals surface area contributed by atoms with Crippen LogP contribution < -0.4 is 10.2 Å². The highest BCUT2D eigenvalue weighted by Gasteiger charge is 2.30. The molecule has 9 heteroatoms. The SMILES string of the molecule is CCN(CC)C(=O)c1cnc2snc(C)c2c1N1CCC(C(=O)Nc2ccc(Br)cc2)CC1. The summed E-state index contributed by atoms with van der Waals surface area (Å²) < 4.78 is 5.47. The molecule has 2 aromatic heterocycles. The molecular formula is C24H28BrN5O2S. The van der Waals surface area contributed by atoms with Crippen LogP contribution in [0.3, 0.4) is 0 Å². The first-order valence-corrected chi connectivity index (χ1v) is 12.8. The zero-order valence-corrected chi connectivity index (χ0v) is 21.5. The summed E-state index contributed by atoms with van der Waals surface area (Å²) in [5, 5.41) is 3.98. The number of hydrogen-bond donors (Lipinski definition) is 1. The van der Waals surface area contributed by atoms with Gasteiger partial charge in [-0.05, 0) is 69.4 Å². The van der Waals surface area contributed by atoms with Gasteiger partial charge in [0.2, 0.25) is 5.91 Å². The first-order chi connectivity index (χ1) is 15.9. The van der Waals surface area contributed by atoms with E-state index in [1.807, 2.05) is 49.9 Å². The Morgan fingerprint density at radius 1 is 1.18 bits per heavy atom. The third-order valence-electron chi connectivity index (χ3n) is 6.22. The van der Waals surface area contributed by atoms with Crippen molar-refractivity contribution in [3.8, 4) is 0 Å². The predicted molar refractivity (Wildman–Crippen MR) is 137 cm³/mol. The van der Waals surface area contributed by atoms with E-state index in [-0.39, 0.29) is 17.7 Å². The fraction of sp³-hybridized carbons (Fsp3) is 0.417. The van der Waals surface area contributed by atoms with Gasteiger partial charge in [-0.15, -0.1) is 0 Å². The molecule has 0 aliphatic carbocycles. The Kier molecular flexibility index (Phi) is 7.29. The fourth-order valence-electron chi connectivity index (χ4n) is 4.35. The lowest BCUT2D eigenvalue weighted by atomic mass is 9.94. The summed E-state index contributed by atoms with van der Waals surface area (Å²) in [6.07, 6.45) is 3.14. The highest BCUT2D eigenvalue weighted by molar-refractivity contribution is 9.10. The van der Waals surface area contributed by atoms with Crippen LogP contribution in [0.5, 0.6) is 0 Å². The number of anilines is 2. The van der Waals surface area contributed by atoms with E-state index in [4.69, 9.17) is 0 Å². The van der Waals surface area contributed by atoms with E-state index in [1.165, 1.54) is 11.5 Å². The van der Waals surface area contributed by atoms with Crippen molar-refractivity contribution < 1.29 is 9.59 Å². The number of piperidine rings is 1. The molecule has 3 heterocycles. The van der Waals surface area contributed by atoms with Crippen molar-refractivity contribution in [1.29, 1.82) is 0 Å². The summed E-state index contributed by atoms with van der Waals surface area (Å²) in [6.45, 7) is 8.63. The number of aryl methyl sites for hydroxylation is 1. The maximum Gasteiger partial charge on any atom is 0.257 e. The van der Waals surface area contributed by atoms with Gasteiger partial charge in [-0.3, -0.25) is 9.59 Å². The second-order valence-corrected chi connectivity index (χ2v) is 9.87. The number of nitrogens with zero attached hydrogens (tertiary/aromatic N) is 4. The molecule has 0 spiro atoms. The molecular weight excluding hydrogens is 502 g/mol. The van der Waals surface area contributed by atoms with Gasteiger partial charge in [-0.25, -0.2) is 4.98 Å². The predicted octanol–water partition coefficient (Wildman–Crippen LogP) is 5.10. The number of benzene rings is 1.